The van der Waals surface area contributed by atoms with E-state index in [0.29, 0.717) is 30.1 Å². The van der Waals surface area contributed by atoms with E-state index in [2.05, 4.69) is 10.3 Å². The number of hydrogen-bond acceptors (Lipinski definition) is 10. The number of esters is 1. The van der Waals surface area contributed by atoms with Crippen LogP contribution in [0.4, 0.5) is 21.5 Å². The van der Waals surface area contributed by atoms with Crippen LogP contribution in [0.5, 0.6) is 0 Å². The number of nitro benzene ring substituents is 1. The first kappa shape index (κ1) is 20.1. The molecule has 13 heteroatoms. The maximum atomic E-state index is 12.2. The van der Waals surface area contributed by atoms with Crippen molar-refractivity contribution in [2.45, 2.75) is 12.8 Å². The van der Waals surface area contributed by atoms with Gasteiger partial charge in [0.25, 0.3) is 11.6 Å². The normalized spacial score (nSPS) is 13.2. The van der Waals surface area contributed by atoms with E-state index < -0.39 is 28.3 Å². The highest BCUT2D eigenvalue weighted by Gasteiger charge is 2.24. The SMILES string of the molecule is O=C(COC(=O)c1ccc(N2CCCC2)c([N+](=O)[O-])c1)Nc1ncc([N+](=O)[O-])s1. The smallest absolute Gasteiger partial charge is 0.345 e. The average Bonchev–Trinajstić information content (AvgIpc) is 3.37. The number of carbonyl (C=O) groups is 2. The second-order valence-corrected chi connectivity index (χ2v) is 7.05. The van der Waals surface area contributed by atoms with Crippen LogP contribution in [0.2, 0.25) is 0 Å². The molecule has 1 fully saturated rings. The second-order valence-electron chi connectivity index (χ2n) is 6.04. The molecule has 152 valence electrons. The number of thiazole rings is 1. The summed E-state index contributed by atoms with van der Waals surface area (Å²) in [7, 11) is 0. The van der Waals surface area contributed by atoms with Gasteiger partial charge in [-0.3, -0.25) is 30.3 Å². The first-order valence-corrected chi connectivity index (χ1v) is 9.27. The van der Waals surface area contributed by atoms with E-state index in [1.54, 1.807) is 0 Å². The van der Waals surface area contributed by atoms with Gasteiger partial charge in [0.15, 0.2) is 11.7 Å². The molecule has 0 radical (unpaired) electrons. The summed E-state index contributed by atoms with van der Waals surface area (Å²) in [5.41, 5.74) is 0.172. The molecule has 0 unspecified atom stereocenters. The Balaban J connectivity index is 1.62. The lowest BCUT2D eigenvalue weighted by Crippen LogP contribution is -2.21. The lowest BCUT2D eigenvalue weighted by atomic mass is 10.1. The van der Waals surface area contributed by atoms with Crippen molar-refractivity contribution in [3.05, 3.63) is 50.2 Å². The van der Waals surface area contributed by atoms with Crippen LogP contribution < -0.4 is 10.2 Å². The lowest BCUT2D eigenvalue weighted by Gasteiger charge is -2.17. The number of nitrogens with zero attached hydrogens (tertiary/aromatic N) is 4. The third kappa shape index (κ3) is 4.82. The summed E-state index contributed by atoms with van der Waals surface area (Å²) in [6.45, 7) is 0.743. The van der Waals surface area contributed by atoms with Crippen molar-refractivity contribution in [3.63, 3.8) is 0 Å². The molecule has 0 atom stereocenters. The van der Waals surface area contributed by atoms with Crippen LogP contribution in [-0.4, -0.2) is 46.4 Å². The van der Waals surface area contributed by atoms with Crippen LogP contribution in [0.25, 0.3) is 0 Å². The number of anilines is 2. The number of amides is 1. The molecule has 1 N–H and O–H groups in total. The van der Waals surface area contributed by atoms with Crippen molar-refractivity contribution in [1.29, 1.82) is 0 Å². The van der Waals surface area contributed by atoms with Gasteiger partial charge in [0.1, 0.15) is 11.9 Å². The molecule has 1 aromatic carbocycles. The summed E-state index contributed by atoms with van der Waals surface area (Å²) in [5, 5.41) is 24.0. The molecule has 0 saturated carbocycles. The minimum atomic E-state index is -0.902. The number of rotatable bonds is 7. The van der Waals surface area contributed by atoms with Crippen molar-refractivity contribution in [2.75, 3.05) is 29.9 Å². The second kappa shape index (κ2) is 8.60. The molecular formula is C16H15N5O7S. The number of benzene rings is 1. The highest BCUT2D eigenvalue weighted by molar-refractivity contribution is 7.18. The van der Waals surface area contributed by atoms with Gasteiger partial charge >= 0.3 is 11.0 Å². The quantitative estimate of drug-likeness (QED) is 0.402. The van der Waals surface area contributed by atoms with Crippen molar-refractivity contribution >= 4 is 44.7 Å². The van der Waals surface area contributed by atoms with Gasteiger partial charge in [0, 0.05) is 19.2 Å². The summed E-state index contributed by atoms with van der Waals surface area (Å²) in [6, 6.07) is 4.03. The Morgan fingerprint density at radius 3 is 2.55 bits per heavy atom. The molecular weight excluding hydrogens is 406 g/mol. The van der Waals surface area contributed by atoms with E-state index in [-0.39, 0.29) is 21.4 Å². The molecule has 1 saturated heterocycles. The first-order chi connectivity index (χ1) is 13.8. The van der Waals surface area contributed by atoms with Gasteiger partial charge in [0.2, 0.25) is 0 Å². The van der Waals surface area contributed by atoms with Gasteiger partial charge in [-0.1, -0.05) is 0 Å². The van der Waals surface area contributed by atoms with Gasteiger partial charge in [0.05, 0.1) is 15.4 Å². The minimum absolute atomic E-state index is 0.0108. The van der Waals surface area contributed by atoms with E-state index in [1.165, 1.54) is 12.1 Å². The van der Waals surface area contributed by atoms with Gasteiger partial charge < -0.3 is 9.64 Å². The molecule has 12 nitrogen and oxygen atoms in total. The molecule has 0 bridgehead atoms. The van der Waals surface area contributed by atoms with E-state index >= 15 is 0 Å². The third-order valence-electron chi connectivity index (χ3n) is 4.11. The Hall–Kier alpha value is -3.61. The third-order valence-corrected chi connectivity index (χ3v) is 4.97. The number of nitro groups is 2. The molecule has 3 rings (SSSR count). The monoisotopic (exact) mass is 421 g/mol. The number of hydrogen-bond donors (Lipinski definition) is 1. The van der Waals surface area contributed by atoms with Crippen LogP contribution in [-0.2, 0) is 9.53 Å². The summed E-state index contributed by atoms with van der Waals surface area (Å²) >= 11 is 0.656. The van der Waals surface area contributed by atoms with Crippen LogP contribution in [0.15, 0.2) is 24.4 Å². The fourth-order valence-corrected chi connectivity index (χ4v) is 3.45. The summed E-state index contributed by atoms with van der Waals surface area (Å²) < 4.78 is 4.87. The average molecular weight is 421 g/mol. The molecule has 1 aromatic heterocycles. The molecule has 2 heterocycles. The van der Waals surface area contributed by atoms with Crippen molar-refractivity contribution in [3.8, 4) is 0 Å². The van der Waals surface area contributed by atoms with Gasteiger partial charge in [-0.05, 0) is 36.3 Å². The topological polar surface area (TPSA) is 158 Å². The van der Waals surface area contributed by atoms with E-state index in [9.17, 15) is 29.8 Å². The maximum absolute atomic E-state index is 12.2. The van der Waals surface area contributed by atoms with Gasteiger partial charge in [-0.2, -0.15) is 0 Å². The summed E-state index contributed by atoms with van der Waals surface area (Å²) in [5.74, 6) is -1.65. The molecule has 29 heavy (non-hydrogen) atoms. The predicted octanol–water partition coefficient (Wildman–Crippen LogP) is 2.36. The first-order valence-electron chi connectivity index (χ1n) is 8.45. The van der Waals surface area contributed by atoms with Gasteiger partial charge in [-0.15, -0.1) is 0 Å². The number of ether oxygens (including phenoxy) is 1. The van der Waals surface area contributed by atoms with Crippen LogP contribution in [0.3, 0.4) is 0 Å². The molecule has 2 aromatic rings. The Bertz CT molecular complexity index is 970. The highest BCUT2D eigenvalue weighted by Crippen LogP contribution is 2.32. The molecule has 1 amide bonds. The van der Waals surface area contributed by atoms with Crippen molar-refractivity contribution in [2.24, 2.45) is 0 Å². The van der Waals surface area contributed by atoms with Gasteiger partial charge in [-0.25, -0.2) is 9.78 Å². The maximum Gasteiger partial charge on any atom is 0.345 e. The highest BCUT2D eigenvalue weighted by atomic mass is 32.1. The zero-order valence-corrected chi connectivity index (χ0v) is 15.7. The molecule has 1 aliphatic rings. The summed E-state index contributed by atoms with van der Waals surface area (Å²) in [6.07, 6.45) is 2.88. The number of aromatic nitrogens is 1. The molecule has 1 aliphatic heterocycles. The Morgan fingerprint density at radius 2 is 1.93 bits per heavy atom. The van der Waals surface area contributed by atoms with Crippen molar-refractivity contribution < 1.29 is 24.2 Å². The standard InChI is InChI=1S/C16H15N5O7S/c22-13(18-16-17-8-14(29-16)21(26)27)9-28-15(23)10-3-4-11(12(7-10)20(24)25)19-5-1-2-6-19/h3-4,7-8H,1-2,5-6,9H2,(H,17,18,22). The Labute approximate surface area is 167 Å². The fourth-order valence-electron chi connectivity index (χ4n) is 2.80. The molecule has 0 spiro atoms. The largest absolute Gasteiger partial charge is 0.452 e. The number of carbonyl (C=O) groups excluding carboxylic acids is 2. The lowest BCUT2D eigenvalue weighted by molar-refractivity contribution is -0.384. The number of nitrogens with one attached hydrogen (secondary N) is 1. The van der Waals surface area contributed by atoms with E-state index in [0.717, 1.165) is 25.1 Å². The minimum Gasteiger partial charge on any atom is -0.452 e. The molecule has 0 aliphatic carbocycles. The predicted molar refractivity (Wildman–Crippen MR) is 102 cm³/mol. The van der Waals surface area contributed by atoms with E-state index in [4.69, 9.17) is 4.74 Å². The van der Waals surface area contributed by atoms with Crippen LogP contribution >= 0.6 is 11.3 Å². The zero-order valence-electron chi connectivity index (χ0n) is 14.9. The Kier molecular flexibility index (Phi) is 5.97. The van der Waals surface area contributed by atoms with Crippen LogP contribution in [0, 0.1) is 20.2 Å². The Morgan fingerprint density at radius 1 is 1.21 bits per heavy atom. The van der Waals surface area contributed by atoms with Crippen LogP contribution in [0.1, 0.15) is 23.2 Å². The van der Waals surface area contributed by atoms with Crippen molar-refractivity contribution in [1.82, 2.24) is 4.98 Å². The zero-order chi connectivity index (χ0) is 21.0. The summed E-state index contributed by atoms with van der Waals surface area (Å²) in [4.78, 5) is 50.3. The van der Waals surface area contributed by atoms with E-state index in [1.807, 2.05) is 4.90 Å². The fraction of sp³-hybridized carbons (Fsp3) is 0.312.